The lowest BCUT2D eigenvalue weighted by atomic mass is 10.2. The van der Waals surface area contributed by atoms with Crippen LogP contribution in [0.3, 0.4) is 0 Å². The number of nitrogens with zero attached hydrogens (tertiary/aromatic N) is 1. The Morgan fingerprint density at radius 2 is 2.06 bits per heavy atom. The van der Waals surface area contributed by atoms with E-state index in [2.05, 4.69) is 10.3 Å². The second-order valence-electron chi connectivity index (χ2n) is 4.30. The highest BCUT2D eigenvalue weighted by Gasteiger charge is 2.18. The van der Waals surface area contributed by atoms with Gasteiger partial charge in [0.1, 0.15) is 5.75 Å². The highest BCUT2D eigenvalue weighted by atomic mass is 16.6. The van der Waals surface area contributed by atoms with Crippen LogP contribution in [0.2, 0.25) is 0 Å². The molecule has 1 amide bonds. The van der Waals surface area contributed by atoms with Crippen LogP contribution in [0.15, 0.2) is 30.5 Å². The summed E-state index contributed by atoms with van der Waals surface area (Å²) < 4.78 is 5.46. The molecule has 5 heteroatoms. The average molecular weight is 245 g/mol. The number of amides is 1. The molecule has 1 aromatic carbocycles. The van der Waals surface area contributed by atoms with Crippen molar-refractivity contribution in [2.75, 3.05) is 26.2 Å². The third kappa shape index (κ3) is 2.04. The molecule has 0 aliphatic carbocycles. The summed E-state index contributed by atoms with van der Waals surface area (Å²) in [4.78, 5) is 16.8. The Labute approximate surface area is 105 Å². The second kappa shape index (κ2) is 4.70. The van der Waals surface area contributed by atoms with E-state index in [-0.39, 0.29) is 6.09 Å². The topological polar surface area (TPSA) is 57.4 Å². The lowest BCUT2D eigenvalue weighted by Gasteiger charge is -2.26. The molecule has 2 heterocycles. The van der Waals surface area contributed by atoms with Gasteiger partial charge in [-0.3, -0.25) is 0 Å². The number of H-pyrrole nitrogens is 1. The molecular formula is C13H15N3O2. The van der Waals surface area contributed by atoms with Crippen molar-refractivity contribution in [3.63, 3.8) is 0 Å². The van der Waals surface area contributed by atoms with Crippen LogP contribution in [0.5, 0.6) is 5.75 Å². The maximum atomic E-state index is 12.0. The molecule has 18 heavy (non-hydrogen) atoms. The Balaban J connectivity index is 1.79. The molecule has 1 aliphatic rings. The molecule has 0 saturated carbocycles. The van der Waals surface area contributed by atoms with E-state index in [1.54, 1.807) is 4.90 Å². The first-order chi connectivity index (χ1) is 8.84. The number of carbonyl (C=O) groups excluding carboxylic acids is 1. The minimum atomic E-state index is -0.273. The van der Waals surface area contributed by atoms with Crippen LogP contribution >= 0.6 is 0 Å². The molecule has 0 bridgehead atoms. The van der Waals surface area contributed by atoms with E-state index in [9.17, 15) is 4.79 Å². The zero-order valence-electron chi connectivity index (χ0n) is 9.98. The zero-order chi connectivity index (χ0) is 12.4. The van der Waals surface area contributed by atoms with E-state index in [0.717, 1.165) is 24.0 Å². The summed E-state index contributed by atoms with van der Waals surface area (Å²) in [5.41, 5.74) is 0.973. The van der Waals surface area contributed by atoms with Crippen molar-refractivity contribution in [3.8, 4) is 5.75 Å². The third-order valence-electron chi connectivity index (χ3n) is 3.13. The highest BCUT2D eigenvalue weighted by Crippen LogP contribution is 2.24. The minimum absolute atomic E-state index is 0.273. The number of carbonyl (C=O) groups is 1. The maximum absolute atomic E-state index is 12.0. The number of aromatic nitrogens is 1. The van der Waals surface area contributed by atoms with Gasteiger partial charge in [-0.15, -0.1) is 0 Å². The Bertz CT molecular complexity index is 558. The van der Waals surface area contributed by atoms with Gasteiger partial charge < -0.3 is 19.9 Å². The average Bonchev–Trinajstić information content (AvgIpc) is 2.89. The van der Waals surface area contributed by atoms with E-state index >= 15 is 0 Å². The largest absolute Gasteiger partial charge is 0.415 e. The summed E-state index contributed by atoms with van der Waals surface area (Å²) in [7, 11) is 0. The molecule has 2 aromatic rings. The first-order valence-electron chi connectivity index (χ1n) is 6.08. The smallest absolute Gasteiger partial charge is 0.409 e. The van der Waals surface area contributed by atoms with Gasteiger partial charge >= 0.3 is 6.09 Å². The van der Waals surface area contributed by atoms with Gasteiger partial charge in [-0.25, -0.2) is 4.79 Å². The predicted octanol–water partition coefficient (Wildman–Crippen LogP) is 1.57. The summed E-state index contributed by atoms with van der Waals surface area (Å²) in [5.74, 6) is 0.609. The van der Waals surface area contributed by atoms with Crippen LogP contribution in [-0.2, 0) is 0 Å². The lowest BCUT2D eigenvalue weighted by Crippen LogP contribution is -2.47. The van der Waals surface area contributed by atoms with Crippen molar-refractivity contribution in [2.24, 2.45) is 0 Å². The summed E-state index contributed by atoms with van der Waals surface area (Å²) >= 11 is 0. The molecule has 0 unspecified atom stereocenters. The monoisotopic (exact) mass is 245 g/mol. The number of rotatable bonds is 1. The first-order valence-corrected chi connectivity index (χ1v) is 6.08. The van der Waals surface area contributed by atoms with E-state index < -0.39 is 0 Å². The van der Waals surface area contributed by atoms with Gasteiger partial charge in [-0.1, -0.05) is 6.07 Å². The first kappa shape index (κ1) is 11.1. The third-order valence-corrected chi connectivity index (χ3v) is 3.13. The molecule has 1 aromatic heterocycles. The number of nitrogens with one attached hydrogen (secondary N) is 2. The van der Waals surface area contributed by atoms with E-state index in [1.165, 1.54) is 0 Å². The molecule has 94 valence electrons. The second-order valence-corrected chi connectivity index (χ2v) is 4.30. The Hall–Kier alpha value is -2.01. The molecule has 5 nitrogen and oxygen atoms in total. The molecule has 1 aliphatic heterocycles. The number of aromatic amines is 1. The van der Waals surface area contributed by atoms with Gasteiger partial charge in [0, 0.05) is 43.3 Å². The number of ether oxygens (including phenoxy) is 1. The number of hydrogen-bond donors (Lipinski definition) is 2. The Kier molecular flexibility index (Phi) is 2.90. The Morgan fingerprint density at radius 1 is 1.22 bits per heavy atom. The molecule has 0 atom stereocenters. The quantitative estimate of drug-likeness (QED) is 0.801. The maximum Gasteiger partial charge on any atom is 0.415 e. The van der Waals surface area contributed by atoms with Gasteiger partial charge in [-0.05, 0) is 18.2 Å². The summed E-state index contributed by atoms with van der Waals surface area (Å²) in [6, 6.07) is 7.56. The summed E-state index contributed by atoms with van der Waals surface area (Å²) in [5, 5.41) is 4.14. The summed E-state index contributed by atoms with van der Waals surface area (Å²) in [6.45, 7) is 3.04. The van der Waals surface area contributed by atoms with Crippen LogP contribution < -0.4 is 10.1 Å². The van der Waals surface area contributed by atoms with Crippen molar-refractivity contribution in [3.05, 3.63) is 30.5 Å². The highest BCUT2D eigenvalue weighted by molar-refractivity contribution is 5.88. The van der Waals surface area contributed by atoms with Crippen LogP contribution in [0, 0.1) is 0 Å². The fourth-order valence-corrected chi connectivity index (χ4v) is 2.15. The van der Waals surface area contributed by atoms with E-state index in [0.29, 0.717) is 18.8 Å². The van der Waals surface area contributed by atoms with Gasteiger partial charge in [0.2, 0.25) is 0 Å². The van der Waals surface area contributed by atoms with Gasteiger partial charge in [0.05, 0.1) is 0 Å². The van der Waals surface area contributed by atoms with E-state index in [4.69, 9.17) is 4.74 Å². The normalized spacial score (nSPS) is 15.9. The fourth-order valence-electron chi connectivity index (χ4n) is 2.15. The minimum Gasteiger partial charge on any atom is -0.409 e. The predicted molar refractivity (Wildman–Crippen MR) is 68.8 cm³/mol. The van der Waals surface area contributed by atoms with Crippen molar-refractivity contribution in [1.29, 1.82) is 0 Å². The van der Waals surface area contributed by atoms with Crippen LogP contribution in [-0.4, -0.2) is 42.2 Å². The standard InChI is InChI=1S/C13H15N3O2/c17-13(16-8-6-14-7-9-16)18-12-3-1-2-11-10(12)4-5-15-11/h1-5,14-15H,6-9H2. The van der Waals surface area contributed by atoms with E-state index in [1.807, 2.05) is 30.5 Å². The van der Waals surface area contributed by atoms with Crippen molar-refractivity contribution in [1.82, 2.24) is 15.2 Å². The molecule has 0 radical (unpaired) electrons. The van der Waals surface area contributed by atoms with Crippen LogP contribution in [0.4, 0.5) is 4.79 Å². The van der Waals surface area contributed by atoms with Gasteiger partial charge in [-0.2, -0.15) is 0 Å². The van der Waals surface area contributed by atoms with Crippen LogP contribution in [0.25, 0.3) is 10.9 Å². The molecule has 3 rings (SSSR count). The number of piperazine rings is 1. The molecule has 1 fully saturated rings. The molecule has 2 N–H and O–H groups in total. The number of hydrogen-bond acceptors (Lipinski definition) is 3. The van der Waals surface area contributed by atoms with Crippen molar-refractivity contribution < 1.29 is 9.53 Å². The summed E-state index contributed by atoms with van der Waals surface area (Å²) in [6.07, 6.45) is 1.57. The fraction of sp³-hybridized carbons (Fsp3) is 0.308. The van der Waals surface area contributed by atoms with Crippen molar-refractivity contribution in [2.45, 2.75) is 0 Å². The SMILES string of the molecule is O=C(Oc1cccc2[nH]ccc12)N1CCNCC1. The zero-order valence-corrected chi connectivity index (χ0v) is 9.98. The lowest BCUT2D eigenvalue weighted by molar-refractivity contribution is 0.146. The molecule has 1 saturated heterocycles. The molecular weight excluding hydrogens is 230 g/mol. The molecule has 0 spiro atoms. The van der Waals surface area contributed by atoms with Gasteiger partial charge in [0.25, 0.3) is 0 Å². The number of fused-ring (bicyclic) bond motifs is 1. The van der Waals surface area contributed by atoms with Crippen molar-refractivity contribution >= 4 is 17.0 Å². The van der Waals surface area contributed by atoms with Crippen LogP contribution in [0.1, 0.15) is 0 Å². The number of benzene rings is 1. The Morgan fingerprint density at radius 3 is 2.89 bits per heavy atom. The van der Waals surface area contributed by atoms with Gasteiger partial charge in [0.15, 0.2) is 0 Å².